The lowest BCUT2D eigenvalue weighted by Gasteiger charge is -2.31. The van der Waals surface area contributed by atoms with E-state index in [1.807, 2.05) is 152 Å². The van der Waals surface area contributed by atoms with Crippen LogP contribution >= 0.6 is 0 Å². The predicted octanol–water partition coefficient (Wildman–Crippen LogP) is 5.42. The van der Waals surface area contributed by atoms with Gasteiger partial charge in [0, 0.05) is 66.9 Å². The first-order valence-corrected chi connectivity index (χ1v) is 21.5. The minimum absolute atomic E-state index is 0.00217. The van der Waals surface area contributed by atoms with E-state index in [-0.39, 0.29) is 64.8 Å². The van der Waals surface area contributed by atoms with Gasteiger partial charge in [0.25, 0.3) is 0 Å². The maximum atomic E-state index is 14.7. The highest BCUT2D eigenvalue weighted by atomic mass is 16.2. The number of aromatic amines is 2. The molecular weight excluding hydrogens is 805 g/mol. The molecule has 0 aliphatic heterocycles. The molecule has 0 aliphatic carbocycles. The second kappa shape index (κ2) is 22.0. The van der Waals surface area contributed by atoms with Crippen LogP contribution in [0.4, 0.5) is 0 Å². The molecule has 0 unspecified atom stereocenters. The van der Waals surface area contributed by atoms with E-state index in [1.54, 1.807) is 4.90 Å². The van der Waals surface area contributed by atoms with Crippen molar-refractivity contribution in [3.8, 4) is 0 Å². The number of nitrogens with zero attached hydrogens (tertiary/aromatic N) is 4. The Morgan fingerprint density at radius 3 is 1.33 bits per heavy atom. The summed E-state index contributed by atoms with van der Waals surface area (Å²) < 4.78 is 0. The summed E-state index contributed by atoms with van der Waals surface area (Å²) >= 11 is 0. The molecule has 328 valence electrons. The highest BCUT2D eigenvalue weighted by Crippen LogP contribution is 2.20. The average Bonchev–Trinajstić information content (AvgIpc) is 3.93. The summed E-state index contributed by atoms with van der Waals surface area (Å²) in [6.07, 6.45) is 4.73. The van der Waals surface area contributed by atoms with Crippen molar-refractivity contribution in [2.45, 2.75) is 32.5 Å². The Kier molecular flexibility index (Phi) is 15.3. The molecule has 0 fully saturated rings. The molecule has 0 bridgehead atoms. The van der Waals surface area contributed by atoms with E-state index >= 15 is 0 Å². The molecule has 5 amide bonds. The number of fused-ring (bicyclic) bond motifs is 2. The van der Waals surface area contributed by atoms with E-state index < -0.39 is 23.6 Å². The van der Waals surface area contributed by atoms with Gasteiger partial charge in [-0.05, 0) is 52.8 Å². The Morgan fingerprint density at radius 1 is 0.453 bits per heavy atom. The molecule has 64 heavy (non-hydrogen) atoms. The number of hydrogen-bond acceptors (Lipinski definition) is 6. The second-order valence-electron chi connectivity index (χ2n) is 15.9. The van der Waals surface area contributed by atoms with E-state index in [0.29, 0.717) is 19.4 Å². The SMILES string of the molecule is NC(=O)CN(Cc1ccccc1)C(=O)CN(CCc1c[nH]c2ccccc12)C(=O)CN(Cc1ccccc1)C(=O)CN(CCc1c[nH]c2ccccc12)C(=O)CNCc1ccccc1. The fourth-order valence-electron chi connectivity index (χ4n) is 7.84. The molecule has 5 N–H and O–H groups in total. The number of aromatic nitrogens is 2. The largest absolute Gasteiger partial charge is 0.368 e. The first kappa shape index (κ1) is 44.5. The third-order valence-electron chi connectivity index (χ3n) is 11.3. The van der Waals surface area contributed by atoms with Gasteiger partial charge in [-0.25, -0.2) is 0 Å². The van der Waals surface area contributed by atoms with E-state index in [2.05, 4.69) is 15.3 Å². The summed E-state index contributed by atoms with van der Waals surface area (Å²) in [4.78, 5) is 82.0. The van der Waals surface area contributed by atoms with Gasteiger partial charge in [-0.1, -0.05) is 127 Å². The number of nitrogens with two attached hydrogens (primary N) is 1. The highest BCUT2D eigenvalue weighted by Gasteiger charge is 2.28. The minimum Gasteiger partial charge on any atom is -0.368 e. The summed E-state index contributed by atoms with van der Waals surface area (Å²) in [5, 5.41) is 5.27. The smallest absolute Gasteiger partial charge is 0.242 e. The molecule has 7 aromatic rings. The second-order valence-corrected chi connectivity index (χ2v) is 15.9. The lowest BCUT2D eigenvalue weighted by atomic mass is 10.1. The molecule has 0 saturated heterocycles. The predicted molar refractivity (Wildman–Crippen MR) is 248 cm³/mol. The van der Waals surface area contributed by atoms with Crippen LogP contribution in [0, 0.1) is 0 Å². The van der Waals surface area contributed by atoms with Crippen LogP contribution in [-0.4, -0.2) is 105 Å². The summed E-state index contributed by atoms with van der Waals surface area (Å²) in [5.74, 6) is -2.28. The number of amides is 5. The quantitative estimate of drug-likeness (QED) is 0.0710. The third-order valence-corrected chi connectivity index (χ3v) is 11.3. The highest BCUT2D eigenvalue weighted by molar-refractivity contribution is 5.92. The Hall–Kier alpha value is -7.51. The fourth-order valence-corrected chi connectivity index (χ4v) is 7.84. The first-order valence-electron chi connectivity index (χ1n) is 21.5. The normalized spacial score (nSPS) is 11.1. The number of para-hydroxylation sites is 2. The van der Waals surface area contributed by atoms with Crippen LogP contribution in [0.5, 0.6) is 0 Å². The van der Waals surface area contributed by atoms with E-state index in [9.17, 15) is 24.0 Å². The standard InChI is InChI=1S/C51H54N8O5/c52-47(60)34-58(32-39-16-6-2-7-17-39)50(63)36-57(27-25-42-30-55-46-23-13-11-21-44(42)46)49(62)37-59(33-40-18-8-3-9-19-40)51(64)35-56(48(61)31-53-28-38-14-4-1-5-15-38)26-24-41-29-54-45-22-12-10-20-43(41)45/h1-23,29-30,53-55H,24-28,31-37H2,(H2,52,60). The van der Waals surface area contributed by atoms with Gasteiger partial charge in [0.1, 0.15) is 6.54 Å². The molecule has 0 spiro atoms. The third kappa shape index (κ3) is 12.3. The van der Waals surface area contributed by atoms with Crippen LogP contribution in [0.1, 0.15) is 27.8 Å². The molecule has 13 heteroatoms. The van der Waals surface area contributed by atoms with Crippen LogP contribution in [0.2, 0.25) is 0 Å². The zero-order chi connectivity index (χ0) is 44.7. The number of primary amides is 1. The topological polar surface area (TPSA) is 168 Å². The van der Waals surface area contributed by atoms with Crippen LogP contribution < -0.4 is 11.1 Å². The zero-order valence-electron chi connectivity index (χ0n) is 35.8. The average molecular weight is 859 g/mol. The van der Waals surface area contributed by atoms with Gasteiger partial charge < -0.3 is 40.6 Å². The molecular formula is C51H54N8O5. The Labute approximate surface area is 372 Å². The molecule has 13 nitrogen and oxygen atoms in total. The van der Waals surface area contributed by atoms with Gasteiger partial charge in [-0.2, -0.15) is 0 Å². The summed E-state index contributed by atoms with van der Waals surface area (Å²) in [6.45, 7) is -0.221. The van der Waals surface area contributed by atoms with Crippen molar-refractivity contribution in [2.24, 2.45) is 5.73 Å². The van der Waals surface area contributed by atoms with Crippen molar-refractivity contribution in [3.05, 3.63) is 180 Å². The van der Waals surface area contributed by atoms with Gasteiger partial charge in [0.15, 0.2) is 0 Å². The van der Waals surface area contributed by atoms with E-state index in [0.717, 1.165) is 49.6 Å². The Bertz CT molecular complexity index is 2650. The van der Waals surface area contributed by atoms with Crippen molar-refractivity contribution in [1.82, 2.24) is 34.9 Å². The van der Waals surface area contributed by atoms with Gasteiger partial charge in [0.2, 0.25) is 29.5 Å². The summed E-state index contributed by atoms with van der Waals surface area (Å²) in [7, 11) is 0. The van der Waals surface area contributed by atoms with Crippen LogP contribution in [0.15, 0.2) is 152 Å². The van der Waals surface area contributed by atoms with Gasteiger partial charge in [0.05, 0.1) is 26.2 Å². The van der Waals surface area contributed by atoms with Gasteiger partial charge >= 0.3 is 0 Å². The van der Waals surface area contributed by atoms with Crippen molar-refractivity contribution < 1.29 is 24.0 Å². The number of hydrogen-bond donors (Lipinski definition) is 4. The molecule has 0 atom stereocenters. The lowest BCUT2D eigenvalue weighted by Crippen LogP contribution is -2.51. The zero-order valence-corrected chi connectivity index (χ0v) is 35.8. The first-order chi connectivity index (χ1) is 31.2. The maximum absolute atomic E-state index is 14.7. The minimum atomic E-state index is -0.681. The van der Waals surface area contributed by atoms with E-state index in [1.165, 1.54) is 14.7 Å². The van der Waals surface area contributed by atoms with Crippen LogP contribution in [0.25, 0.3) is 21.8 Å². The molecule has 7 rings (SSSR count). The van der Waals surface area contributed by atoms with Crippen molar-refractivity contribution in [3.63, 3.8) is 0 Å². The maximum Gasteiger partial charge on any atom is 0.242 e. The molecule has 2 heterocycles. The van der Waals surface area contributed by atoms with Crippen LogP contribution in [-0.2, 0) is 56.4 Å². The van der Waals surface area contributed by atoms with E-state index in [4.69, 9.17) is 5.73 Å². The Balaban J connectivity index is 1.13. The molecule has 0 aliphatic rings. The molecule has 0 radical (unpaired) electrons. The number of H-pyrrole nitrogens is 2. The summed E-state index contributed by atoms with van der Waals surface area (Å²) in [6, 6.07) is 44.2. The van der Waals surface area contributed by atoms with Gasteiger partial charge in [-0.3, -0.25) is 24.0 Å². The molecule has 5 aromatic carbocycles. The Morgan fingerprint density at radius 2 is 0.844 bits per heavy atom. The van der Waals surface area contributed by atoms with Gasteiger partial charge in [-0.15, -0.1) is 0 Å². The van der Waals surface area contributed by atoms with Crippen LogP contribution in [0.3, 0.4) is 0 Å². The lowest BCUT2D eigenvalue weighted by molar-refractivity contribution is -0.146. The monoisotopic (exact) mass is 858 g/mol. The number of carbonyl (C=O) groups excluding carboxylic acids is 5. The van der Waals surface area contributed by atoms with Crippen molar-refractivity contribution in [1.29, 1.82) is 0 Å². The molecule has 0 saturated carbocycles. The number of rotatable bonds is 22. The number of benzene rings is 5. The van der Waals surface area contributed by atoms with Crippen molar-refractivity contribution >= 4 is 51.3 Å². The van der Waals surface area contributed by atoms with Crippen molar-refractivity contribution in [2.75, 3.05) is 45.8 Å². The molecule has 2 aromatic heterocycles. The number of nitrogens with one attached hydrogen (secondary N) is 3. The number of carbonyl (C=O) groups is 5. The summed E-state index contributed by atoms with van der Waals surface area (Å²) in [5.41, 5.74) is 12.1. The fraction of sp³-hybridized carbons (Fsp3) is 0.235.